The van der Waals surface area contributed by atoms with Gasteiger partial charge < -0.3 is 30.5 Å². The molecular weight excluding hydrogens is 318 g/mol. The van der Waals surface area contributed by atoms with Crippen molar-refractivity contribution in [3.8, 4) is 6.01 Å². The average molecular weight is 339 g/mol. The zero-order valence-corrected chi connectivity index (χ0v) is 13.2. The molecule has 1 aliphatic heterocycles. The number of imidazole rings is 1. The van der Waals surface area contributed by atoms with Crippen molar-refractivity contribution in [2.24, 2.45) is 0 Å². The van der Waals surface area contributed by atoms with Crippen LogP contribution in [0.3, 0.4) is 0 Å². The molecule has 0 aromatic carbocycles. The maximum atomic E-state index is 10.2. The molecule has 2 aromatic heterocycles. The second-order valence-corrected chi connectivity index (χ2v) is 5.65. The fourth-order valence-electron chi connectivity index (χ4n) is 2.59. The van der Waals surface area contributed by atoms with Crippen LogP contribution in [0.5, 0.6) is 6.01 Å². The van der Waals surface area contributed by atoms with Crippen molar-refractivity contribution in [3.05, 3.63) is 6.33 Å². The standard InChI is InChI=1S/C14H21N5O5/c1-2-3-4-23-14-17-11(15)8-12(18-14)19(6-16-8)13-10(22)9(21)7(5-20)24-13/h6-7,9-10,13,20-22H,2-5H2,1H3,(H2,15,17,18)/t7-,9?,10?,13-/m1/s1. The van der Waals surface area contributed by atoms with Crippen molar-refractivity contribution >= 4 is 17.0 Å². The van der Waals surface area contributed by atoms with E-state index in [0.717, 1.165) is 12.8 Å². The second-order valence-electron chi connectivity index (χ2n) is 5.65. The number of fused-ring (bicyclic) bond motifs is 1. The molecule has 0 aliphatic carbocycles. The van der Waals surface area contributed by atoms with E-state index in [0.29, 0.717) is 17.8 Å². The van der Waals surface area contributed by atoms with Crippen molar-refractivity contribution < 1.29 is 24.8 Å². The maximum absolute atomic E-state index is 10.2. The molecule has 5 N–H and O–H groups in total. The molecule has 2 aromatic rings. The highest BCUT2D eigenvalue weighted by Gasteiger charge is 2.44. The van der Waals surface area contributed by atoms with Crippen molar-refractivity contribution in [1.29, 1.82) is 0 Å². The van der Waals surface area contributed by atoms with Gasteiger partial charge in [0, 0.05) is 0 Å². The molecule has 1 fully saturated rings. The van der Waals surface area contributed by atoms with E-state index in [1.54, 1.807) is 0 Å². The normalized spacial score (nSPS) is 27.0. The summed E-state index contributed by atoms with van der Waals surface area (Å²) in [7, 11) is 0. The number of aromatic nitrogens is 4. The van der Waals surface area contributed by atoms with Crippen LogP contribution in [0.1, 0.15) is 26.0 Å². The third-order valence-corrected chi connectivity index (χ3v) is 3.95. The summed E-state index contributed by atoms with van der Waals surface area (Å²) in [5.74, 6) is 0.150. The molecule has 24 heavy (non-hydrogen) atoms. The average Bonchev–Trinajstić information content (AvgIpc) is 3.10. The van der Waals surface area contributed by atoms with Gasteiger partial charge >= 0.3 is 6.01 Å². The Labute approximate surface area is 137 Å². The quantitative estimate of drug-likeness (QED) is 0.496. The maximum Gasteiger partial charge on any atom is 0.320 e. The lowest BCUT2D eigenvalue weighted by molar-refractivity contribution is -0.0511. The predicted molar refractivity (Wildman–Crippen MR) is 83.1 cm³/mol. The van der Waals surface area contributed by atoms with E-state index in [1.165, 1.54) is 10.9 Å². The van der Waals surface area contributed by atoms with Gasteiger partial charge in [0.25, 0.3) is 0 Å². The van der Waals surface area contributed by atoms with Crippen molar-refractivity contribution in [1.82, 2.24) is 19.5 Å². The lowest BCUT2D eigenvalue weighted by atomic mass is 10.1. The Morgan fingerprint density at radius 3 is 2.79 bits per heavy atom. The molecule has 1 aliphatic rings. The number of unbranched alkanes of at least 4 members (excludes halogenated alkanes) is 1. The smallest absolute Gasteiger partial charge is 0.320 e. The van der Waals surface area contributed by atoms with Gasteiger partial charge in [0.15, 0.2) is 23.2 Å². The Morgan fingerprint density at radius 2 is 2.12 bits per heavy atom. The molecule has 0 spiro atoms. The molecule has 0 bridgehead atoms. The first-order valence-corrected chi connectivity index (χ1v) is 7.82. The third kappa shape index (κ3) is 2.88. The monoisotopic (exact) mass is 339 g/mol. The van der Waals surface area contributed by atoms with Crippen LogP contribution in [-0.2, 0) is 4.74 Å². The van der Waals surface area contributed by atoms with Crippen molar-refractivity contribution in [2.45, 2.75) is 44.3 Å². The molecule has 3 rings (SSSR count). The Hall–Kier alpha value is -2.01. The number of ether oxygens (including phenoxy) is 2. The van der Waals surface area contributed by atoms with Gasteiger partial charge in [-0.1, -0.05) is 13.3 Å². The number of nitrogens with two attached hydrogens (primary N) is 1. The van der Waals surface area contributed by atoms with E-state index in [1.807, 2.05) is 6.92 Å². The highest BCUT2D eigenvalue weighted by Crippen LogP contribution is 2.32. The highest BCUT2D eigenvalue weighted by molar-refractivity contribution is 5.82. The molecule has 4 atom stereocenters. The van der Waals surface area contributed by atoms with Gasteiger partial charge in [-0.05, 0) is 6.42 Å². The van der Waals surface area contributed by atoms with Crippen molar-refractivity contribution in [2.75, 3.05) is 18.9 Å². The van der Waals surface area contributed by atoms with E-state index in [-0.39, 0.29) is 11.8 Å². The highest BCUT2D eigenvalue weighted by atomic mass is 16.6. The Bertz CT molecular complexity index is 708. The van der Waals surface area contributed by atoms with Gasteiger partial charge in [0.05, 0.1) is 19.5 Å². The summed E-state index contributed by atoms with van der Waals surface area (Å²) in [4.78, 5) is 12.5. The minimum absolute atomic E-state index is 0.113. The summed E-state index contributed by atoms with van der Waals surface area (Å²) in [5.41, 5.74) is 6.56. The number of hydrogen-bond donors (Lipinski definition) is 4. The van der Waals surface area contributed by atoms with Crippen LogP contribution in [0.2, 0.25) is 0 Å². The number of anilines is 1. The second kappa shape index (κ2) is 6.85. The number of nitrogen functional groups attached to an aromatic ring is 1. The number of nitrogens with zero attached hydrogens (tertiary/aromatic N) is 4. The van der Waals surface area contributed by atoms with Crippen LogP contribution in [0, 0.1) is 0 Å². The summed E-state index contributed by atoms with van der Waals surface area (Å²) in [6, 6.07) is 0.113. The number of aliphatic hydroxyl groups excluding tert-OH is 3. The number of aliphatic hydroxyl groups is 3. The van der Waals surface area contributed by atoms with Gasteiger partial charge in [-0.25, -0.2) is 4.98 Å². The van der Waals surface area contributed by atoms with E-state index < -0.39 is 31.1 Å². The van der Waals surface area contributed by atoms with Crippen molar-refractivity contribution in [3.63, 3.8) is 0 Å². The summed E-state index contributed by atoms with van der Waals surface area (Å²) >= 11 is 0. The Kier molecular flexibility index (Phi) is 4.81. The first kappa shape index (κ1) is 16.8. The number of hydrogen-bond acceptors (Lipinski definition) is 9. The molecule has 0 radical (unpaired) electrons. The van der Waals surface area contributed by atoms with Crippen LogP contribution < -0.4 is 10.5 Å². The van der Waals surface area contributed by atoms with Gasteiger partial charge in [-0.3, -0.25) is 4.57 Å². The van der Waals surface area contributed by atoms with E-state index in [2.05, 4.69) is 15.0 Å². The Morgan fingerprint density at radius 1 is 1.33 bits per heavy atom. The van der Waals surface area contributed by atoms with E-state index >= 15 is 0 Å². The summed E-state index contributed by atoms with van der Waals surface area (Å²) < 4.78 is 12.4. The molecule has 3 heterocycles. The third-order valence-electron chi connectivity index (χ3n) is 3.95. The summed E-state index contributed by atoms with van der Waals surface area (Å²) in [6.45, 7) is 2.09. The van der Waals surface area contributed by atoms with Gasteiger partial charge in [-0.2, -0.15) is 9.97 Å². The molecule has 10 nitrogen and oxygen atoms in total. The molecule has 10 heteroatoms. The molecular formula is C14H21N5O5. The molecule has 2 unspecified atom stereocenters. The first-order valence-electron chi connectivity index (χ1n) is 7.82. The van der Waals surface area contributed by atoms with E-state index in [9.17, 15) is 15.3 Å². The van der Waals surface area contributed by atoms with Gasteiger partial charge in [-0.15, -0.1) is 0 Å². The SMILES string of the molecule is CCCCOc1nc(N)c2ncn([C@@H]3O[C@H](CO)C(O)C3O)c2n1. The zero-order valence-electron chi connectivity index (χ0n) is 13.2. The summed E-state index contributed by atoms with van der Waals surface area (Å²) in [5, 5.41) is 29.3. The van der Waals surface area contributed by atoms with Crippen LogP contribution in [0.15, 0.2) is 6.33 Å². The lowest BCUT2D eigenvalue weighted by Gasteiger charge is -2.16. The first-order chi connectivity index (χ1) is 11.6. The number of rotatable bonds is 6. The van der Waals surface area contributed by atoms with Crippen LogP contribution in [0.25, 0.3) is 11.2 Å². The predicted octanol–water partition coefficient (Wildman–Crippen LogP) is -0.801. The molecule has 132 valence electrons. The van der Waals surface area contributed by atoms with E-state index in [4.69, 9.17) is 15.2 Å². The summed E-state index contributed by atoms with van der Waals surface area (Å²) in [6.07, 6.45) is -1.06. The molecule has 0 saturated carbocycles. The topological polar surface area (TPSA) is 149 Å². The largest absolute Gasteiger partial charge is 0.463 e. The fourth-order valence-corrected chi connectivity index (χ4v) is 2.59. The molecule has 1 saturated heterocycles. The van der Waals surface area contributed by atoms with Crippen LogP contribution >= 0.6 is 0 Å². The van der Waals surface area contributed by atoms with Gasteiger partial charge in [0.1, 0.15) is 18.3 Å². The van der Waals surface area contributed by atoms with Gasteiger partial charge in [0.2, 0.25) is 0 Å². The Balaban J connectivity index is 1.94. The zero-order chi connectivity index (χ0) is 17.3. The minimum Gasteiger partial charge on any atom is -0.463 e. The fraction of sp³-hybridized carbons (Fsp3) is 0.643. The molecule has 0 amide bonds. The van der Waals surface area contributed by atoms with Crippen LogP contribution in [-0.4, -0.2) is 66.4 Å². The lowest BCUT2D eigenvalue weighted by Crippen LogP contribution is -2.33. The van der Waals surface area contributed by atoms with Crippen LogP contribution in [0.4, 0.5) is 5.82 Å². The minimum atomic E-state index is -1.24.